The van der Waals surface area contributed by atoms with E-state index in [0.717, 1.165) is 26.1 Å². The largest absolute Gasteiger partial charge is 0.491 e. The van der Waals surface area contributed by atoms with Crippen LogP contribution in [0.2, 0.25) is 0 Å². The van der Waals surface area contributed by atoms with E-state index in [4.69, 9.17) is 9.47 Å². The van der Waals surface area contributed by atoms with Crippen molar-refractivity contribution in [2.75, 3.05) is 32.8 Å². The summed E-state index contributed by atoms with van der Waals surface area (Å²) in [6.07, 6.45) is 6.44. The maximum absolute atomic E-state index is 13.4. The average Bonchev–Trinajstić information content (AvgIpc) is 3.47. The Hall–Kier alpha value is -3.52. The Labute approximate surface area is 191 Å². The van der Waals surface area contributed by atoms with Crippen LogP contribution in [0, 0.1) is 0 Å². The number of ketones is 2. The van der Waals surface area contributed by atoms with Crippen molar-refractivity contribution in [2.45, 2.75) is 26.2 Å². The van der Waals surface area contributed by atoms with Gasteiger partial charge in [-0.15, -0.1) is 0 Å². The van der Waals surface area contributed by atoms with Crippen LogP contribution in [0.3, 0.4) is 0 Å². The van der Waals surface area contributed by atoms with Crippen LogP contribution in [-0.4, -0.2) is 64.7 Å². The third-order valence-corrected chi connectivity index (χ3v) is 6.19. The maximum atomic E-state index is 13.4. The van der Waals surface area contributed by atoms with Crippen LogP contribution < -0.4 is 4.74 Å². The molecule has 8 heteroatoms. The third-order valence-electron chi connectivity index (χ3n) is 6.19. The van der Waals surface area contributed by atoms with Gasteiger partial charge in [0.2, 0.25) is 5.78 Å². The fourth-order valence-electron chi connectivity index (χ4n) is 4.73. The number of carbonyl (C=O) groups excluding carboxylic acids is 3. The van der Waals surface area contributed by atoms with Gasteiger partial charge in [-0.1, -0.05) is 0 Å². The van der Waals surface area contributed by atoms with E-state index in [0.29, 0.717) is 17.9 Å². The summed E-state index contributed by atoms with van der Waals surface area (Å²) in [5.74, 6) is -1.04. The van der Waals surface area contributed by atoms with E-state index in [9.17, 15) is 14.4 Å². The van der Waals surface area contributed by atoms with E-state index in [-0.39, 0.29) is 34.7 Å². The van der Waals surface area contributed by atoms with Crippen LogP contribution >= 0.6 is 0 Å². The molecular formula is C25H25N3O5. The monoisotopic (exact) mass is 447 g/mol. The van der Waals surface area contributed by atoms with Gasteiger partial charge in [0, 0.05) is 18.9 Å². The van der Waals surface area contributed by atoms with E-state index >= 15 is 0 Å². The second-order valence-electron chi connectivity index (χ2n) is 8.22. The highest BCUT2D eigenvalue weighted by Crippen LogP contribution is 2.37. The molecule has 0 aromatic carbocycles. The summed E-state index contributed by atoms with van der Waals surface area (Å²) in [5, 5.41) is 0. The fraction of sp³-hybridized carbons (Fsp3) is 0.360. The number of aromatic nitrogens is 2. The second-order valence-corrected chi connectivity index (χ2v) is 8.22. The molecule has 0 radical (unpaired) electrons. The van der Waals surface area contributed by atoms with E-state index < -0.39 is 17.5 Å². The van der Waals surface area contributed by atoms with Crippen molar-refractivity contribution in [3.05, 3.63) is 64.7 Å². The molecule has 0 spiro atoms. The van der Waals surface area contributed by atoms with Crippen molar-refractivity contribution in [3.8, 4) is 5.75 Å². The van der Waals surface area contributed by atoms with Gasteiger partial charge in [-0.2, -0.15) is 0 Å². The van der Waals surface area contributed by atoms with Crippen LogP contribution in [-0.2, 0) is 4.74 Å². The van der Waals surface area contributed by atoms with E-state index in [1.165, 1.54) is 19.0 Å². The number of likely N-dealkylation sites (tertiary alicyclic amines) is 1. The quantitative estimate of drug-likeness (QED) is 0.318. The predicted octanol–water partition coefficient (Wildman–Crippen LogP) is 3.15. The Morgan fingerprint density at radius 3 is 2.73 bits per heavy atom. The van der Waals surface area contributed by atoms with E-state index in [1.54, 1.807) is 41.8 Å². The molecule has 0 saturated carbocycles. The zero-order valence-corrected chi connectivity index (χ0v) is 18.5. The third kappa shape index (κ3) is 3.60. The molecule has 0 unspecified atom stereocenters. The fourth-order valence-corrected chi connectivity index (χ4v) is 4.73. The molecule has 3 aromatic heterocycles. The van der Waals surface area contributed by atoms with Gasteiger partial charge in [-0.3, -0.25) is 14.6 Å². The molecular weight excluding hydrogens is 422 g/mol. The Morgan fingerprint density at radius 1 is 1.12 bits per heavy atom. The Bertz CT molecular complexity index is 1260. The van der Waals surface area contributed by atoms with Gasteiger partial charge in [-0.25, -0.2) is 4.79 Å². The molecule has 0 bridgehead atoms. The highest BCUT2D eigenvalue weighted by atomic mass is 16.5. The van der Waals surface area contributed by atoms with Gasteiger partial charge in [0.25, 0.3) is 0 Å². The van der Waals surface area contributed by atoms with Gasteiger partial charge in [0.1, 0.15) is 28.2 Å². The Morgan fingerprint density at radius 2 is 1.94 bits per heavy atom. The molecule has 33 heavy (non-hydrogen) atoms. The molecule has 1 aliphatic heterocycles. The summed E-state index contributed by atoms with van der Waals surface area (Å²) < 4.78 is 12.9. The summed E-state index contributed by atoms with van der Waals surface area (Å²) in [7, 11) is 0. The van der Waals surface area contributed by atoms with Crippen molar-refractivity contribution in [3.63, 3.8) is 0 Å². The molecule has 0 atom stereocenters. The molecule has 2 aliphatic rings. The summed E-state index contributed by atoms with van der Waals surface area (Å²) in [6.45, 7) is 5.48. The minimum Gasteiger partial charge on any atom is -0.491 e. The number of esters is 1. The molecule has 8 nitrogen and oxygen atoms in total. The zero-order valence-electron chi connectivity index (χ0n) is 18.5. The second kappa shape index (κ2) is 8.78. The van der Waals surface area contributed by atoms with Crippen molar-refractivity contribution in [2.24, 2.45) is 0 Å². The molecule has 1 aliphatic carbocycles. The van der Waals surface area contributed by atoms with E-state index in [1.807, 2.05) is 0 Å². The summed E-state index contributed by atoms with van der Waals surface area (Å²) >= 11 is 0. The minimum absolute atomic E-state index is 0.0482. The first kappa shape index (κ1) is 21.3. The first-order valence-corrected chi connectivity index (χ1v) is 11.4. The van der Waals surface area contributed by atoms with Gasteiger partial charge < -0.3 is 18.8 Å². The maximum Gasteiger partial charge on any atom is 0.341 e. The van der Waals surface area contributed by atoms with Gasteiger partial charge >= 0.3 is 5.97 Å². The lowest BCUT2D eigenvalue weighted by molar-refractivity contribution is 0.0525. The number of hydrogen-bond donors (Lipinski definition) is 0. The molecule has 0 amide bonds. The van der Waals surface area contributed by atoms with Crippen molar-refractivity contribution in [1.29, 1.82) is 0 Å². The van der Waals surface area contributed by atoms with Crippen LogP contribution in [0.15, 0.2) is 36.7 Å². The predicted molar refractivity (Wildman–Crippen MR) is 120 cm³/mol. The number of nitrogens with zero attached hydrogens (tertiary/aromatic N) is 3. The molecule has 1 saturated heterocycles. The SMILES string of the molecule is CCOC(=O)c1c2c(n3cccc(OCCCN4CCCC4)c13)C(=O)c1ncccc1C2=O. The number of hydrogen-bond acceptors (Lipinski definition) is 7. The number of pyridine rings is 2. The first-order valence-electron chi connectivity index (χ1n) is 11.4. The smallest absolute Gasteiger partial charge is 0.341 e. The van der Waals surface area contributed by atoms with Crippen LogP contribution in [0.5, 0.6) is 5.75 Å². The highest BCUT2D eigenvalue weighted by molar-refractivity contribution is 6.31. The number of carbonyl (C=O) groups is 3. The molecule has 4 heterocycles. The Kier molecular flexibility index (Phi) is 5.68. The van der Waals surface area contributed by atoms with Crippen molar-refractivity contribution in [1.82, 2.24) is 14.3 Å². The molecule has 170 valence electrons. The number of fused-ring (bicyclic) bond motifs is 4. The summed E-state index contributed by atoms with van der Waals surface area (Å²) in [5.41, 5.74) is 0.872. The molecule has 3 aromatic rings. The van der Waals surface area contributed by atoms with E-state index in [2.05, 4.69) is 9.88 Å². The molecule has 1 fully saturated rings. The lowest BCUT2D eigenvalue weighted by Gasteiger charge is -2.15. The van der Waals surface area contributed by atoms with Crippen LogP contribution in [0.1, 0.15) is 68.6 Å². The highest BCUT2D eigenvalue weighted by Gasteiger charge is 2.40. The normalized spacial score (nSPS) is 15.5. The minimum atomic E-state index is -0.655. The number of rotatable bonds is 7. The van der Waals surface area contributed by atoms with Crippen LogP contribution in [0.25, 0.3) is 5.52 Å². The standard InChI is InChI=1S/C25H25N3O5/c1-2-32-25(31)19-18-22(24(30)20-16(23(18)29)8-5-10-26-20)28-14-6-9-17(21(19)28)33-15-7-13-27-11-3-4-12-27/h5-6,8-10,14H,2-4,7,11-13,15H2,1H3. The lowest BCUT2D eigenvalue weighted by Crippen LogP contribution is -2.24. The average molecular weight is 447 g/mol. The lowest BCUT2D eigenvalue weighted by atomic mass is 9.89. The van der Waals surface area contributed by atoms with Crippen molar-refractivity contribution >= 4 is 23.1 Å². The molecule has 0 N–H and O–H groups in total. The topological polar surface area (TPSA) is 90.2 Å². The van der Waals surface area contributed by atoms with Crippen LogP contribution in [0.4, 0.5) is 0 Å². The van der Waals surface area contributed by atoms with Gasteiger partial charge in [0.05, 0.1) is 24.3 Å². The molecule has 5 rings (SSSR count). The zero-order chi connectivity index (χ0) is 22.9. The number of ether oxygens (including phenoxy) is 2. The van der Waals surface area contributed by atoms with Gasteiger partial charge in [-0.05, 0) is 63.5 Å². The summed E-state index contributed by atoms with van der Waals surface area (Å²) in [4.78, 5) is 46.3. The van der Waals surface area contributed by atoms with Crippen molar-refractivity contribution < 1.29 is 23.9 Å². The summed E-state index contributed by atoms with van der Waals surface area (Å²) in [6, 6.07) is 6.64. The van der Waals surface area contributed by atoms with Gasteiger partial charge in [0.15, 0.2) is 5.78 Å². The first-order chi connectivity index (χ1) is 16.1. The Balaban J connectivity index is 1.58.